The zero-order chi connectivity index (χ0) is 16.4. The van der Waals surface area contributed by atoms with Gasteiger partial charge in [-0.05, 0) is 19.8 Å². The summed E-state index contributed by atoms with van der Waals surface area (Å²) in [6.45, 7) is 5.66. The molecule has 8 nitrogen and oxygen atoms in total. The number of hydrogen-bond acceptors (Lipinski definition) is 5. The van der Waals surface area contributed by atoms with Gasteiger partial charge in [0.1, 0.15) is 6.04 Å². The van der Waals surface area contributed by atoms with Crippen molar-refractivity contribution in [2.24, 2.45) is 0 Å². The van der Waals surface area contributed by atoms with Gasteiger partial charge in [0.05, 0.1) is 13.2 Å². The van der Waals surface area contributed by atoms with Crippen molar-refractivity contribution in [1.29, 1.82) is 0 Å². The molecule has 0 aromatic carbocycles. The van der Waals surface area contributed by atoms with Gasteiger partial charge in [0, 0.05) is 38.8 Å². The monoisotopic (exact) mass is 324 g/mol. The largest absolute Gasteiger partial charge is 0.450 e. The first kappa shape index (κ1) is 16.0. The summed E-state index contributed by atoms with van der Waals surface area (Å²) in [5.41, 5.74) is 0. The Morgan fingerprint density at radius 3 is 2.65 bits per heavy atom. The fourth-order valence-electron chi connectivity index (χ4n) is 3.67. The number of carbonyl (C=O) groups is 3. The standard InChI is InChI=1S/C15H24N4O4/c1-2-23-15(22)17-5-3-11(4-6-17)18-7-8-19-12(10-18)14(21)16-9-13(19)20/h11-12H,2-10H2,1H3,(H,16,21)/t12-/m1/s1. The SMILES string of the molecule is CCOC(=O)N1CCC(N2CCN3C(=O)CNC(=O)[C@H]3C2)CC1. The smallest absolute Gasteiger partial charge is 0.409 e. The number of piperazine rings is 2. The molecule has 0 bridgehead atoms. The third-order valence-corrected chi connectivity index (χ3v) is 4.96. The molecule has 128 valence electrons. The Kier molecular flexibility index (Phi) is 4.70. The number of likely N-dealkylation sites (tertiary alicyclic amines) is 1. The van der Waals surface area contributed by atoms with Gasteiger partial charge in [-0.3, -0.25) is 14.5 Å². The second kappa shape index (κ2) is 6.74. The molecule has 3 saturated heterocycles. The first-order chi connectivity index (χ1) is 11.1. The molecule has 3 aliphatic heterocycles. The molecule has 0 aliphatic carbocycles. The van der Waals surface area contributed by atoms with Crippen molar-refractivity contribution in [1.82, 2.24) is 20.0 Å². The fraction of sp³-hybridized carbons (Fsp3) is 0.800. The van der Waals surface area contributed by atoms with E-state index in [9.17, 15) is 14.4 Å². The van der Waals surface area contributed by atoms with Gasteiger partial charge in [0.15, 0.2) is 0 Å². The van der Waals surface area contributed by atoms with Gasteiger partial charge in [-0.25, -0.2) is 4.79 Å². The van der Waals surface area contributed by atoms with Crippen molar-refractivity contribution in [2.45, 2.75) is 31.8 Å². The number of hydrogen-bond donors (Lipinski definition) is 1. The van der Waals surface area contributed by atoms with E-state index in [1.54, 1.807) is 16.7 Å². The van der Waals surface area contributed by atoms with Crippen LogP contribution in [-0.2, 0) is 14.3 Å². The lowest BCUT2D eigenvalue weighted by Crippen LogP contribution is -2.67. The molecule has 0 spiro atoms. The number of fused-ring (bicyclic) bond motifs is 1. The second-order valence-corrected chi connectivity index (χ2v) is 6.23. The molecule has 0 aromatic heterocycles. The lowest BCUT2D eigenvalue weighted by Gasteiger charge is -2.47. The van der Waals surface area contributed by atoms with Gasteiger partial charge in [-0.1, -0.05) is 0 Å². The maximum atomic E-state index is 12.0. The third kappa shape index (κ3) is 3.26. The Morgan fingerprint density at radius 1 is 1.22 bits per heavy atom. The Balaban J connectivity index is 1.54. The Morgan fingerprint density at radius 2 is 1.96 bits per heavy atom. The molecule has 23 heavy (non-hydrogen) atoms. The number of piperidine rings is 1. The number of ether oxygens (including phenoxy) is 1. The summed E-state index contributed by atoms with van der Waals surface area (Å²) in [7, 11) is 0. The van der Waals surface area contributed by atoms with E-state index in [-0.39, 0.29) is 30.5 Å². The average molecular weight is 324 g/mol. The topological polar surface area (TPSA) is 82.2 Å². The predicted octanol–water partition coefficient (Wildman–Crippen LogP) is -0.750. The van der Waals surface area contributed by atoms with Crippen molar-refractivity contribution in [3.63, 3.8) is 0 Å². The molecule has 0 aromatic rings. The second-order valence-electron chi connectivity index (χ2n) is 6.23. The van der Waals surface area contributed by atoms with E-state index in [2.05, 4.69) is 10.2 Å². The van der Waals surface area contributed by atoms with Crippen LogP contribution >= 0.6 is 0 Å². The molecular weight excluding hydrogens is 300 g/mol. The molecule has 1 N–H and O–H groups in total. The molecule has 0 unspecified atom stereocenters. The Bertz CT molecular complexity index is 490. The highest BCUT2D eigenvalue weighted by molar-refractivity contribution is 5.95. The molecule has 3 amide bonds. The zero-order valence-corrected chi connectivity index (χ0v) is 13.5. The highest BCUT2D eigenvalue weighted by Gasteiger charge is 2.40. The van der Waals surface area contributed by atoms with Gasteiger partial charge in [0.2, 0.25) is 11.8 Å². The number of amides is 3. The lowest BCUT2D eigenvalue weighted by atomic mass is 10.00. The summed E-state index contributed by atoms with van der Waals surface area (Å²) in [5, 5.41) is 2.66. The van der Waals surface area contributed by atoms with Crippen LogP contribution in [0.5, 0.6) is 0 Å². The van der Waals surface area contributed by atoms with Crippen LogP contribution in [0.2, 0.25) is 0 Å². The summed E-state index contributed by atoms with van der Waals surface area (Å²) in [6, 6.07) is -0.0132. The molecule has 3 heterocycles. The van der Waals surface area contributed by atoms with Crippen LogP contribution in [0.4, 0.5) is 4.79 Å². The van der Waals surface area contributed by atoms with Crippen molar-refractivity contribution in [2.75, 3.05) is 45.9 Å². The van der Waals surface area contributed by atoms with E-state index in [0.29, 0.717) is 38.8 Å². The molecule has 3 rings (SSSR count). The summed E-state index contributed by atoms with van der Waals surface area (Å²) < 4.78 is 5.03. The van der Waals surface area contributed by atoms with Crippen molar-refractivity contribution in [3.8, 4) is 0 Å². The molecule has 8 heteroatoms. The first-order valence-corrected chi connectivity index (χ1v) is 8.33. The van der Waals surface area contributed by atoms with E-state index in [1.807, 2.05) is 0 Å². The summed E-state index contributed by atoms with van der Waals surface area (Å²) in [5.74, 6) is -0.0513. The summed E-state index contributed by atoms with van der Waals surface area (Å²) in [4.78, 5) is 41.4. The zero-order valence-electron chi connectivity index (χ0n) is 13.5. The van der Waals surface area contributed by atoms with E-state index >= 15 is 0 Å². The van der Waals surface area contributed by atoms with Crippen molar-refractivity contribution in [3.05, 3.63) is 0 Å². The van der Waals surface area contributed by atoms with Gasteiger partial charge < -0.3 is 19.9 Å². The van der Waals surface area contributed by atoms with Crippen LogP contribution in [0.3, 0.4) is 0 Å². The Labute approximate surface area is 135 Å². The number of nitrogens with zero attached hydrogens (tertiary/aromatic N) is 3. The molecule has 3 fully saturated rings. The van der Waals surface area contributed by atoms with Crippen molar-refractivity contribution >= 4 is 17.9 Å². The minimum Gasteiger partial charge on any atom is -0.450 e. The molecule has 0 radical (unpaired) electrons. The van der Waals surface area contributed by atoms with E-state index < -0.39 is 0 Å². The number of carbonyl (C=O) groups excluding carboxylic acids is 3. The molecular formula is C15H24N4O4. The van der Waals surface area contributed by atoms with E-state index in [1.165, 1.54) is 0 Å². The van der Waals surface area contributed by atoms with Gasteiger partial charge in [-0.15, -0.1) is 0 Å². The normalized spacial score (nSPS) is 26.7. The third-order valence-electron chi connectivity index (χ3n) is 4.96. The van der Waals surface area contributed by atoms with Crippen LogP contribution in [-0.4, -0.2) is 90.6 Å². The number of rotatable bonds is 2. The summed E-state index contributed by atoms with van der Waals surface area (Å²) >= 11 is 0. The molecule has 3 aliphatic rings. The highest BCUT2D eigenvalue weighted by Crippen LogP contribution is 2.22. The minimum absolute atomic E-state index is 0.00591. The molecule has 0 saturated carbocycles. The van der Waals surface area contributed by atoms with Crippen LogP contribution < -0.4 is 5.32 Å². The van der Waals surface area contributed by atoms with Gasteiger partial charge in [-0.2, -0.15) is 0 Å². The van der Waals surface area contributed by atoms with Crippen LogP contribution in [0.15, 0.2) is 0 Å². The van der Waals surface area contributed by atoms with Crippen LogP contribution in [0.25, 0.3) is 0 Å². The maximum absolute atomic E-state index is 12.0. The van der Waals surface area contributed by atoms with E-state index in [0.717, 1.165) is 19.4 Å². The predicted molar refractivity (Wildman–Crippen MR) is 81.7 cm³/mol. The average Bonchev–Trinajstić information content (AvgIpc) is 2.58. The fourth-order valence-corrected chi connectivity index (χ4v) is 3.67. The molecule has 1 atom stereocenters. The van der Waals surface area contributed by atoms with Gasteiger partial charge >= 0.3 is 6.09 Å². The Hall–Kier alpha value is -1.83. The highest BCUT2D eigenvalue weighted by atomic mass is 16.6. The number of nitrogens with one attached hydrogen (secondary N) is 1. The van der Waals surface area contributed by atoms with Gasteiger partial charge in [0.25, 0.3) is 0 Å². The van der Waals surface area contributed by atoms with E-state index in [4.69, 9.17) is 4.74 Å². The summed E-state index contributed by atoms with van der Waals surface area (Å²) in [6.07, 6.45) is 1.51. The van der Waals surface area contributed by atoms with Crippen LogP contribution in [0, 0.1) is 0 Å². The van der Waals surface area contributed by atoms with Crippen molar-refractivity contribution < 1.29 is 19.1 Å². The minimum atomic E-state index is -0.368. The van der Waals surface area contributed by atoms with Crippen LogP contribution in [0.1, 0.15) is 19.8 Å². The maximum Gasteiger partial charge on any atom is 0.409 e. The quantitative estimate of drug-likeness (QED) is 0.723. The lowest BCUT2D eigenvalue weighted by molar-refractivity contribution is -0.150. The first-order valence-electron chi connectivity index (χ1n) is 8.33.